The standard InChI is InChI=1S/C14H27N5/c1-4-7-12-13(15)14(19(3)17-12)16-10-11-8-5-6-9-18(11)2/h11,16H,4-10,15H2,1-3H3. The van der Waals surface area contributed by atoms with Gasteiger partial charge in [0.15, 0.2) is 0 Å². The van der Waals surface area contributed by atoms with Gasteiger partial charge in [-0.2, -0.15) is 5.10 Å². The van der Waals surface area contributed by atoms with Gasteiger partial charge in [0.1, 0.15) is 5.82 Å². The van der Waals surface area contributed by atoms with E-state index in [4.69, 9.17) is 5.73 Å². The van der Waals surface area contributed by atoms with E-state index in [-0.39, 0.29) is 0 Å². The number of aryl methyl sites for hydroxylation is 2. The molecule has 1 aromatic heterocycles. The van der Waals surface area contributed by atoms with Gasteiger partial charge < -0.3 is 16.0 Å². The number of hydrogen-bond donors (Lipinski definition) is 2. The van der Waals surface area contributed by atoms with Crippen LogP contribution in [0.2, 0.25) is 0 Å². The average molecular weight is 265 g/mol. The van der Waals surface area contributed by atoms with E-state index >= 15 is 0 Å². The maximum absolute atomic E-state index is 6.18. The Morgan fingerprint density at radius 3 is 2.84 bits per heavy atom. The van der Waals surface area contributed by atoms with Crippen LogP contribution in [0.5, 0.6) is 0 Å². The van der Waals surface area contributed by atoms with Crippen LogP contribution < -0.4 is 11.1 Å². The van der Waals surface area contributed by atoms with E-state index in [2.05, 4.69) is 29.3 Å². The number of likely N-dealkylation sites (N-methyl/N-ethyl adjacent to an activating group) is 1. The van der Waals surface area contributed by atoms with Crippen molar-refractivity contribution in [3.05, 3.63) is 5.69 Å². The Morgan fingerprint density at radius 1 is 1.37 bits per heavy atom. The number of nitrogens with zero attached hydrogens (tertiary/aromatic N) is 3. The third kappa shape index (κ3) is 3.21. The van der Waals surface area contributed by atoms with Gasteiger partial charge in [-0.3, -0.25) is 4.68 Å². The molecule has 3 N–H and O–H groups in total. The quantitative estimate of drug-likeness (QED) is 0.853. The predicted molar refractivity (Wildman–Crippen MR) is 80.4 cm³/mol. The summed E-state index contributed by atoms with van der Waals surface area (Å²) < 4.78 is 1.88. The van der Waals surface area contributed by atoms with E-state index in [1.165, 1.54) is 25.8 Å². The molecule has 2 heterocycles. The van der Waals surface area contributed by atoms with Crippen LogP contribution in [-0.4, -0.2) is 40.9 Å². The zero-order valence-corrected chi connectivity index (χ0v) is 12.4. The minimum absolute atomic E-state index is 0.609. The summed E-state index contributed by atoms with van der Waals surface area (Å²) in [6.07, 6.45) is 5.94. The fraction of sp³-hybridized carbons (Fsp3) is 0.786. The minimum Gasteiger partial charge on any atom is -0.394 e. The van der Waals surface area contributed by atoms with Crippen molar-refractivity contribution in [2.45, 2.75) is 45.1 Å². The number of hydrogen-bond acceptors (Lipinski definition) is 4. The van der Waals surface area contributed by atoms with E-state index in [0.717, 1.165) is 36.6 Å². The molecule has 1 unspecified atom stereocenters. The van der Waals surface area contributed by atoms with Gasteiger partial charge in [0.25, 0.3) is 0 Å². The molecule has 1 fully saturated rings. The predicted octanol–water partition coefficient (Wildman–Crippen LogP) is 1.85. The van der Waals surface area contributed by atoms with E-state index < -0.39 is 0 Å². The highest BCUT2D eigenvalue weighted by Gasteiger charge is 2.20. The summed E-state index contributed by atoms with van der Waals surface area (Å²) in [5.41, 5.74) is 8.02. The average Bonchev–Trinajstić information content (AvgIpc) is 2.65. The second-order valence-corrected chi connectivity index (χ2v) is 5.59. The monoisotopic (exact) mass is 265 g/mol. The van der Waals surface area contributed by atoms with Crippen LogP contribution in [0.15, 0.2) is 0 Å². The van der Waals surface area contributed by atoms with Crippen molar-refractivity contribution in [3.8, 4) is 0 Å². The number of anilines is 2. The van der Waals surface area contributed by atoms with Crippen molar-refractivity contribution >= 4 is 11.5 Å². The smallest absolute Gasteiger partial charge is 0.147 e. The first-order valence-electron chi connectivity index (χ1n) is 7.39. The van der Waals surface area contributed by atoms with Crippen LogP contribution in [0.3, 0.4) is 0 Å². The number of piperidine rings is 1. The van der Waals surface area contributed by atoms with Gasteiger partial charge in [0.2, 0.25) is 0 Å². The number of aromatic nitrogens is 2. The van der Waals surface area contributed by atoms with Gasteiger partial charge in [0, 0.05) is 19.6 Å². The zero-order valence-electron chi connectivity index (χ0n) is 12.4. The molecule has 5 heteroatoms. The molecule has 0 aliphatic carbocycles. The molecular formula is C14H27N5. The van der Waals surface area contributed by atoms with E-state index in [1.54, 1.807) is 0 Å². The number of nitrogens with two attached hydrogens (primary N) is 1. The van der Waals surface area contributed by atoms with Gasteiger partial charge >= 0.3 is 0 Å². The normalized spacial score (nSPS) is 20.7. The second-order valence-electron chi connectivity index (χ2n) is 5.59. The molecule has 1 aliphatic heterocycles. The molecule has 19 heavy (non-hydrogen) atoms. The van der Waals surface area contributed by atoms with Crippen LogP contribution in [0.1, 0.15) is 38.3 Å². The van der Waals surface area contributed by atoms with Crippen LogP contribution >= 0.6 is 0 Å². The number of nitrogens with one attached hydrogen (secondary N) is 1. The van der Waals surface area contributed by atoms with Crippen molar-refractivity contribution in [2.75, 3.05) is 31.2 Å². The maximum Gasteiger partial charge on any atom is 0.147 e. The highest BCUT2D eigenvalue weighted by Crippen LogP contribution is 2.24. The van der Waals surface area contributed by atoms with Crippen LogP contribution in [0.25, 0.3) is 0 Å². The summed E-state index contributed by atoms with van der Waals surface area (Å²) in [5, 5.41) is 7.99. The lowest BCUT2D eigenvalue weighted by atomic mass is 10.0. The van der Waals surface area contributed by atoms with Crippen LogP contribution in [0.4, 0.5) is 11.5 Å². The molecule has 0 bridgehead atoms. The van der Waals surface area contributed by atoms with Gasteiger partial charge in [-0.15, -0.1) is 0 Å². The van der Waals surface area contributed by atoms with Crippen molar-refractivity contribution in [1.29, 1.82) is 0 Å². The Morgan fingerprint density at radius 2 is 2.16 bits per heavy atom. The first-order chi connectivity index (χ1) is 9.13. The lowest BCUT2D eigenvalue weighted by Gasteiger charge is -2.32. The van der Waals surface area contributed by atoms with E-state index in [0.29, 0.717) is 6.04 Å². The molecule has 0 amide bonds. The molecule has 1 saturated heterocycles. The summed E-state index contributed by atoms with van der Waals surface area (Å²) in [6, 6.07) is 0.609. The van der Waals surface area contributed by atoms with Crippen LogP contribution in [0, 0.1) is 0 Å². The summed E-state index contributed by atoms with van der Waals surface area (Å²) in [5.74, 6) is 0.974. The Hall–Kier alpha value is -1.23. The van der Waals surface area contributed by atoms with Crippen molar-refractivity contribution < 1.29 is 0 Å². The molecule has 0 radical (unpaired) electrons. The minimum atomic E-state index is 0.609. The molecule has 0 aromatic carbocycles. The first kappa shape index (κ1) is 14.2. The Kier molecular flexibility index (Phi) is 4.69. The lowest BCUT2D eigenvalue weighted by molar-refractivity contribution is 0.194. The summed E-state index contributed by atoms with van der Waals surface area (Å²) in [6.45, 7) is 4.30. The van der Waals surface area contributed by atoms with E-state index in [9.17, 15) is 0 Å². The maximum atomic E-state index is 6.18. The lowest BCUT2D eigenvalue weighted by Crippen LogP contribution is -2.41. The Labute approximate surface area is 116 Å². The largest absolute Gasteiger partial charge is 0.394 e. The summed E-state index contributed by atoms with van der Waals surface area (Å²) in [7, 11) is 4.17. The SMILES string of the molecule is CCCc1nn(C)c(NCC2CCCCN2C)c1N. The molecule has 1 atom stereocenters. The molecule has 5 nitrogen and oxygen atoms in total. The highest BCUT2D eigenvalue weighted by molar-refractivity contribution is 5.65. The third-order valence-electron chi connectivity index (χ3n) is 4.07. The number of rotatable bonds is 5. The topological polar surface area (TPSA) is 59.1 Å². The Bertz CT molecular complexity index is 412. The Balaban J connectivity index is 1.98. The fourth-order valence-electron chi connectivity index (χ4n) is 2.84. The molecule has 0 saturated carbocycles. The molecule has 1 aromatic rings. The molecule has 108 valence electrons. The zero-order chi connectivity index (χ0) is 13.8. The van der Waals surface area contributed by atoms with Crippen LogP contribution in [-0.2, 0) is 13.5 Å². The van der Waals surface area contributed by atoms with Crippen molar-refractivity contribution in [1.82, 2.24) is 14.7 Å². The molecule has 0 spiro atoms. The molecule has 2 rings (SSSR count). The van der Waals surface area contributed by atoms with Gasteiger partial charge in [-0.05, 0) is 32.9 Å². The second kappa shape index (κ2) is 6.28. The molecule has 1 aliphatic rings. The van der Waals surface area contributed by atoms with Gasteiger partial charge in [0.05, 0.1) is 11.4 Å². The van der Waals surface area contributed by atoms with Gasteiger partial charge in [-0.1, -0.05) is 19.8 Å². The molecular weight excluding hydrogens is 238 g/mol. The van der Waals surface area contributed by atoms with Crippen molar-refractivity contribution in [2.24, 2.45) is 7.05 Å². The van der Waals surface area contributed by atoms with Crippen molar-refractivity contribution in [3.63, 3.8) is 0 Å². The fourth-order valence-corrected chi connectivity index (χ4v) is 2.84. The first-order valence-corrected chi connectivity index (χ1v) is 7.39. The number of likely N-dealkylation sites (tertiary alicyclic amines) is 1. The van der Waals surface area contributed by atoms with Gasteiger partial charge in [-0.25, -0.2) is 0 Å². The summed E-state index contributed by atoms with van der Waals surface area (Å²) in [4.78, 5) is 2.44. The number of nitrogen functional groups attached to an aromatic ring is 1. The summed E-state index contributed by atoms with van der Waals surface area (Å²) >= 11 is 0. The highest BCUT2D eigenvalue weighted by atomic mass is 15.3. The van der Waals surface area contributed by atoms with E-state index in [1.807, 2.05) is 11.7 Å². The third-order valence-corrected chi connectivity index (χ3v) is 4.07.